The van der Waals surface area contributed by atoms with E-state index in [1.54, 1.807) is 0 Å². The minimum absolute atomic E-state index is 0.0557. The lowest BCUT2D eigenvalue weighted by Gasteiger charge is -2.33. The number of carbonyl (C=O) groups is 2. The number of rotatable bonds is 3. The average Bonchev–Trinajstić information content (AvgIpc) is 2.84. The SMILES string of the molecule is C#CC(CC)NC(=O)N1C(C(=O)O)CC2CCCCC21. The molecule has 20 heavy (non-hydrogen) atoms. The molecule has 0 aromatic heterocycles. The number of hydrogen-bond donors (Lipinski definition) is 2. The second-order valence-electron chi connectivity index (χ2n) is 5.69. The van der Waals surface area contributed by atoms with Gasteiger partial charge < -0.3 is 15.3 Å². The van der Waals surface area contributed by atoms with Crippen molar-refractivity contribution in [2.45, 2.75) is 63.6 Å². The summed E-state index contributed by atoms with van der Waals surface area (Å²) in [5.41, 5.74) is 0. The molecule has 2 N–H and O–H groups in total. The van der Waals surface area contributed by atoms with Gasteiger partial charge in [-0.05, 0) is 31.6 Å². The zero-order valence-corrected chi connectivity index (χ0v) is 11.8. The molecule has 2 rings (SSSR count). The molecule has 0 radical (unpaired) electrons. The van der Waals surface area contributed by atoms with E-state index in [1.165, 1.54) is 4.90 Å². The lowest BCUT2D eigenvalue weighted by Crippen LogP contribution is -2.52. The predicted octanol–water partition coefficient (Wildman–Crippen LogP) is 1.83. The van der Waals surface area contributed by atoms with Gasteiger partial charge in [0.15, 0.2) is 0 Å². The molecule has 1 aliphatic carbocycles. The van der Waals surface area contributed by atoms with E-state index in [-0.39, 0.29) is 18.1 Å². The van der Waals surface area contributed by atoms with E-state index >= 15 is 0 Å². The van der Waals surface area contributed by atoms with Crippen molar-refractivity contribution in [3.8, 4) is 12.3 Å². The summed E-state index contributed by atoms with van der Waals surface area (Å²) in [5, 5.41) is 12.1. The van der Waals surface area contributed by atoms with Crippen molar-refractivity contribution in [1.82, 2.24) is 10.2 Å². The van der Waals surface area contributed by atoms with Crippen molar-refractivity contribution in [2.75, 3.05) is 0 Å². The summed E-state index contributed by atoms with van der Waals surface area (Å²) in [7, 11) is 0. The summed E-state index contributed by atoms with van der Waals surface area (Å²) in [6.45, 7) is 1.90. The molecule has 1 saturated carbocycles. The summed E-state index contributed by atoms with van der Waals surface area (Å²) in [4.78, 5) is 25.4. The Morgan fingerprint density at radius 1 is 1.45 bits per heavy atom. The van der Waals surface area contributed by atoms with Crippen LogP contribution in [-0.2, 0) is 4.79 Å². The highest BCUT2D eigenvalue weighted by molar-refractivity contribution is 5.84. The summed E-state index contributed by atoms with van der Waals surface area (Å²) in [5.74, 6) is 1.92. The first kappa shape index (κ1) is 14.7. The molecule has 1 heterocycles. The summed E-state index contributed by atoms with van der Waals surface area (Å²) < 4.78 is 0. The van der Waals surface area contributed by atoms with E-state index in [0.29, 0.717) is 18.8 Å². The standard InChI is InChI=1S/C15H22N2O3/c1-3-11(4-2)16-15(20)17-12-8-6-5-7-10(12)9-13(17)14(18)19/h1,10-13H,4-9H2,2H3,(H,16,20)(H,18,19). The van der Waals surface area contributed by atoms with Gasteiger partial charge in [-0.15, -0.1) is 6.42 Å². The largest absolute Gasteiger partial charge is 0.480 e. The Balaban J connectivity index is 2.14. The third-order valence-electron chi connectivity index (χ3n) is 4.51. The molecule has 2 aliphatic rings. The van der Waals surface area contributed by atoms with Gasteiger partial charge in [0.05, 0.1) is 6.04 Å². The molecular formula is C15H22N2O3. The molecule has 110 valence electrons. The number of nitrogens with one attached hydrogen (secondary N) is 1. The Morgan fingerprint density at radius 3 is 2.75 bits per heavy atom. The van der Waals surface area contributed by atoms with Gasteiger partial charge in [0, 0.05) is 6.04 Å². The molecule has 2 fully saturated rings. The molecule has 2 amide bonds. The Labute approximate surface area is 119 Å². The van der Waals surface area contributed by atoms with Gasteiger partial charge in [0.2, 0.25) is 0 Å². The number of carboxylic acid groups (broad SMARTS) is 1. The molecular weight excluding hydrogens is 256 g/mol. The molecule has 1 saturated heterocycles. The van der Waals surface area contributed by atoms with Gasteiger partial charge in [0.1, 0.15) is 6.04 Å². The first-order valence-electron chi connectivity index (χ1n) is 7.36. The second-order valence-corrected chi connectivity index (χ2v) is 5.69. The quantitative estimate of drug-likeness (QED) is 0.774. The topological polar surface area (TPSA) is 69.6 Å². The van der Waals surface area contributed by atoms with Crippen LogP contribution in [0.2, 0.25) is 0 Å². The normalized spacial score (nSPS) is 30.2. The lowest BCUT2D eigenvalue weighted by atomic mass is 9.85. The van der Waals surface area contributed by atoms with Crippen molar-refractivity contribution in [3.63, 3.8) is 0 Å². The summed E-state index contributed by atoms with van der Waals surface area (Å²) in [6.07, 6.45) is 10.7. The number of amides is 2. The molecule has 5 nitrogen and oxygen atoms in total. The van der Waals surface area contributed by atoms with Gasteiger partial charge >= 0.3 is 12.0 Å². The fourth-order valence-electron chi connectivity index (χ4n) is 3.46. The van der Waals surface area contributed by atoms with Gasteiger partial charge in [-0.2, -0.15) is 0 Å². The highest BCUT2D eigenvalue weighted by atomic mass is 16.4. The van der Waals surface area contributed by atoms with Crippen LogP contribution >= 0.6 is 0 Å². The van der Waals surface area contributed by atoms with E-state index in [2.05, 4.69) is 11.2 Å². The summed E-state index contributed by atoms with van der Waals surface area (Å²) in [6, 6.07) is -1.31. The lowest BCUT2D eigenvalue weighted by molar-refractivity contribution is -0.141. The number of urea groups is 1. The van der Waals surface area contributed by atoms with Crippen molar-refractivity contribution in [1.29, 1.82) is 0 Å². The van der Waals surface area contributed by atoms with Crippen LogP contribution in [0.25, 0.3) is 0 Å². The third-order valence-corrected chi connectivity index (χ3v) is 4.51. The first-order valence-corrected chi connectivity index (χ1v) is 7.36. The van der Waals surface area contributed by atoms with Crippen LogP contribution in [0.5, 0.6) is 0 Å². The number of likely N-dealkylation sites (tertiary alicyclic amines) is 1. The van der Waals surface area contributed by atoms with E-state index in [1.807, 2.05) is 6.92 Å². The van der Waals surface area contributed by atoms with Crippen LogP contribution < -0.4 is 5.32 Å². The van der Waals surface area contributed by atoms with Gasteiger partial charge in [0.25, 0.3) is 0 Å². The van der Waals surface area contributed by atoms with Crippen molar-refractivity contribution >= 4 is 12.0 Å². The van der Waals surface area contributed by atoms with E-state index in [4.69, 9.17) is 6.42 Å². The maximum Gasteiger partial charge on any atom is 0.326 e. The summed E-state index contributed by atoms with van der Waals surface area (Å²) >= 11 is 0. The van der Waals surface area contributed by atoms with Crippen LogP contribution in [0.4, 0.5) is 4.79 Å². The van der Waals surface area contributed by atoms with Crippen LogP contribution in [0, 0.1) is 18.3 Å². The monoisotopic (exact) mass is 278 g/mol. The highest BCUT2D eigenvalue weighted by Gasteiger charge is 2.47. The number of carbonyl (C=O) groups excluding carboxylic acids is 1. The number of nitrogens with zero attached hydrogens (tertiary/aromatic N) is 1. The van der Waals surface area contributed by atoms with Gasteiger partial charge in [-0.3, -0.25) is 0 Å². The number of carboxylic acids is 1. The maximum atomic E-state index is 12.4. The molecule has 0 aromatic rings. The van der Waals surface area contributed by atoms with E-state index < -0.39 is 12.0 Å². The van der Waals surface area contributed by atoms with Crippen molar-refractivity contribution in [3.05, 3.63) is 0 Å². The maximum absolute atomic E-state index is 12.4. The number of terminal acetylenes is 1. The number of aliphatic carboxylic acids is 1. The Bertz CT molecular complexity index is 429. The van der Waals surface area contributed by atoms with Crippen LogP contribution in [0.1, 0.15) is 45.4 Å². The zero-order chi connectivity index (χ0) is 14.7. The molecule has 0 aromatic carbocycles. The molecule has 0 spiro atoms. The fourth-order valence-corrected chi connectivity index (χ4v) is 3.46. The number of hydrogen-bond acceptors (Lipinski definition) is 2. The van der Waals surface area contributed by atoms with E-state index in [0.717, 1.165) is 25.7 Å². The fraction of sp³-hybridized carbons (Fsp3) is 0.733. The van der Waals surface area contributed by atoms with Crippen LogP contribution in [0.15, 0.2) is 0 Å². The van der Waals surface area contributed by atoms with E-state index in [9.17, 15) is 14.7 Å². The molecule has 4 atom stereocenters. The minimum atomic E-state index is -0.914. The first-order chi connectivity index (χ1) is 9.58. The molecule has 4 unspecified atom stereocenters. The Hall–Kier alpha value is -1.70. The Morgan fingerprint density at radius 2 is 2.15 bits per heavy atom. The van der Waals surface area contributed by atoms with Gasteiger partial charge in [-0.25, -0.2) is 9.59 Å². The smallest absolute Gasteiger partial charge is 0.326 e. The van der Waals surface area contributed by atoms with Crippen molar-refractivity contribution < 1.29 is 14.7 Å². The number of fused-ring (bicyclic) bond motifs is 1. The molecule has 5 heteroatoms. The van der Waals surface area contributed by atoms with Crippen LogP contribution in [0.3, 0.4) is 0 Å². The zero-order valence-electron chi connectivity index (χ0n) is 11.8. The average molecular weight is 278 g/mol. The van der Waals surface area contributed by atoms with Crippen molar-refractivity contribution in [2.24, 2.45) is 5.92 Å². The molecule has 1 aliphatic heterocycles. The second kappa shape index (κ2) is 6.17. The minimum Gasteiger partial charge on any atom is -0.480 e. The Kier molecular flexibility index (Phi) is 4.53. The molecule has 0 bridgehead atoms. The third kappa shape index (κ3) is 2.74. The van der Waals surface area contributed by atoms with Crippen LogP contribution in [-0.4, -0.2) is 40.1 Å². The van der Waals surface area contributed by atoms with Gasteiger partial charge in [-0.1, -0.05) is 25.7 Å². The highest BCUT2D eigenvalue weighted by Crippen LogP contribution is 2.39. The predicted molar refractivity (Wildman–Crippen MR) is 75.1 cm³/mol.